The predicted octanol–water partition coefficient (Wildman–Crippen LogP) is 5.00. The molecule has 0 bridgehead atoms. The zero-order valence-corrected chi connectivity index (χ0v) is 15.8. The first kappa shape index (κ1) is 18.6. The van der Waals surface area contributed by atoms with Gasteiger partial charge in [-0.2, -0.15) is 0 Å². The fraction of sp³-hybridized carbons (Fsp3) is 0.316. The monoisotopic (exact) mass is 362 g/mol. The summed E-state index contributed by atoms with van der Waals surface area (Å²) < 4.78 is 5.21. The molecule has 2 aromatic rings. The van der Waals surface area contributed by atoms with E-state index in [2.05, 4.69) is 36.2 Å². The number of rotatable bonds is 6. The minimum Gasteiger partial charge on any atom is -0.497 e. The van der Waals surface area contributed by atoms with Crippen molar-refractivity contribution in [3.05, 3.63) is 59.1 Å². The number of nitrogens with zero attached hydrogens (tertiary/aromatic N) is 1. The summed E-state index contributed by atoms with van der Waals surface area (Å²) in [5, 5.41) is 4.67. The first-order valence-corrected chi connectivity index (χ1v) is 8.78. The van der Waals surface area contributed by atoms with Crippen molar-refractivity contribution in [2.45, 2.75) is 26.3 Å². The lowest BCUT2D eigenvalue weighted by atomic mass is 10.1. The van der Waals surface area contributed by atoms with E-state index in [1.54, 1.807) is 7.11 Å². The largest absolute Gasteiger partial charge is 0.497 e. The SMILES string of the molecule is CCN(C(=S)Nc1cccc(Cl)c1)C(C)Cc1ccc(OC)cc1. The molecule has 0 saturated carbocycles. The molecule has 0 aliphatic heterocycles. The van der Waals surface area contributed by atoms with Gasteiger partial charge in [0.2, 0.25) is 0 Å². The Labute approximate surface area is 154 Å². The first-order valence-electron chi connectivity index (χ1n) is 7.99. The summed E-state index contributed by atoms with van der Waals surface area (Å²) in [6, 6.07) is 16.0. The number of halogens is 1. The predicted molar refractivity (Wildman–Crippen MR) is 106 cm³/mol. The van der Waals surface area contributed by atoms with Gasteiger partial charge in [0.1, 0.15) is 5.75 Å². The van der Waals surface area contributed by atoms with E-state index in [1.165, 1.54) is 5.56 Å². The molecule has 0 aliphatic carbocycles. The Hall–Kier alpha value is -1.78. The lowest BCUT2D eigenvalue weighted by molar-refractivity contribution is 0.347. The molecule has 0 saturated heterocycles. The molecule has 0 fully saturated rings. The average Bonchev–Trinajstić information content (AvgIpc) is 2.56. The molecule has 1 N–H and O–H groups in total. The molecule has 5 heteroatoms. The fourth-order valence-electron chi connectivity index (χ4n) is 2.63. The third-order valence-electron chi connectivity index (χ3n) is 3.90. The van der Waals surface area contributed by atoms with E-state index < -0.39 is 0 Å². The van der Waals surface area contributed by atoms with E-state index in [0.717, 1.165) is 24.4 Å². The van der Waals surface area contributed by atoms with E-state index in [-0.39, 0.29) is 6.04 Å². The van der Waals surface area contributed by atoms with Gasteiger partial charge < -0.3 is 15.0 Å². The van der Waals surface area contributed by atoms with Crippen molar-refractivity contribution in [2.24, 2.45) is 0 Å². The number of hydrogen-bond donors (Lipinski definition) is 1. The summed E-state index contributed by atoms with van der Waals surface area (Å²) in [6.45, 7) is 5.12. The molecule has 0 heterocycles. The van der Waals surface area contributed by atoms with Gasteiger partial charge >= 0.3 is 0 Å². The average molecular weight is 363 g/mol. The molecule has 1 atom stereocenters. The van der Waals surface area contributed by atoms with Crippen LogP contribution in [0.2, 0.25) is 5.02 Å². The van der Waals surface area contributed by atoms with Crippen LogP contribution in [0.1, 0.15) is 19.4 Å². The quantitative estimate of drug-likeness (QED) is 0.731. The van der Waals surface area contributed by atoms with E-state index in [1.807, 2.05) is 36.4 Å². The van der Waals surface area contributed by atoms with Gasteiger partial charge in [-0.05, 0) is 68.4 Å². The van der Waals surface area contributed by atoms with Crippen LogP contribution in [-0.2, 0) is 6.42 Å². The Morgan fingerprint density at radius 2 is 1.96 bits per heavy atom. The molecule has 0 radical (unpaired) electrons. The van der Waals surface area contributed by atoms with Crippen molar-refractivity contribution in [3.63, 3.8) is 0 Å². The summed E-state index contributed by atoms with van der Waals surface area (Å²) >= 11 is 11.6. The Morgan fingerprint density at radius 1 is 1.25 bits per heavy atom. The van der Waals surface area contributed by atoms with Crippen molar-refractivity contribution in [2.75, 3.05) is 19.0 Å². The standard InChI is InChI=1S/C19H23ClN2OS/c1-4-22(19(24)21-17-7-5-6-16(20)13-17)14(2)12-15-8-10-18(23-3)11-9-15/h5-11,13-14H,4,12H2,1-3H3,(H,21,24). The highest BCUT2D eigenvalue weighted by molar-refractivity contribution is 7.80. The number of nitrogens with one attached hydrogen (secondary N) is 1. The van der Waals surface area contributed by atoms with Crippen LogP contribution in [0.3, 0.4) is 0 Å². The molecular weight excluding hydrogens is 340 g/mol. The molecule has 0 aliphatic rings. The van der Waals surface area contributed by atoms with Gasteiger partial charge in [0.05, 0.1) is 7.11 Å². The second kappa shape index (κ2) is 8.90. The van der Waals surface area contributed by atoms with Gasteiger partial charge in [-0.25, -0.2) is 0 Å². The van der Waals surface area contributed by atoms with Crippen LogP contribution in [0.5, 0.6) is 5.75 Å². The highest BCUT2D eigenvalue weighted by atomic mass is 35.5. The van der Waals surface area contributed by atoms with Crippen LogP contribution in [0, 0.1) is 0 Å². The Morgan fingerprint density at radius 3 is 2.54 bits per heavy atom. The molecule has 2 aromatic carbocycles. The number of thiocarbonyl (C=S) groups is 1. The van der Waals surface area contributed by atoms with Gasteiger partial charge in [-0.1, -0.05) is 29.8 Å². The van der Waals surface area contributed by atoms with E-state index >= 15 is 0 Å². The molecule has 3 nitrogen and oxygen atoms in total. The summed E-state index contributed by atoms with van der Waals surface area (Å²) in [6.07, 6.45) is 0.912. The second-order valence-electron chi connectivity index (χ2n) is 5.63. The lowest BCUT2D eigenvalue weighted by Crippen LogP contribution is -2.42. The molecular formula is C19H23ClN2OS. The molecule has 0 amide bonds. The minimum absolute atomic E-state index is 0.280. The number of hydrogen-bond acceptors (Lipinski definition) is 2. The van der Waals surface area contributed by atoms with Crippen molar-refractivity contribution >= 4 is 34.6 Å². The van der Waals surface area contributed by atoms with Crippen molar-refractivity contribution in [3.8, 4) is 5.75 Å². The molecule has 2 rings (SSSR count). The van der Waals surface area contributed by atoms with Crippen molar-refractivity contribution < 1.29 is 4.74 Å². The van der Waals surface area contributed by atoms with E-state index in [9.17, 15) is 0 Å². The van der Waals surface area contributed by atoms with Gasteiger partial charge in [0.15, 0.2) is 5.11 Å². The second-order valence-corrected chi connectivity index (χ2v) is 6.45. The fourth-order valence-corrected chi connectivity index (χ4v) is 3.25. The minimum atomic E-state index is 0.280. The van der Waals surface area contributed by atoms with Gasteiger partial charge in [0.25, 0.3) is 0 Å². The topological polar surface area (TPSA) is 24.5 Å². The van der Waals surface area contributed by atoms with Gasteiger partial charge in [0, 0.05) is 23.3 Å². The number of methoxy groups -OCH3 is 1. The smallest absolute Gasteiger partial charge is 0.173 e. The molecule has 0 aromatic heterocycles. The summed E-state index contributed by atoms with van der Waals surface area (Å²) in [4.78, 5) is 2.18. The number of ether oxygens (including phenoxy) is 1. The Kier molecular flexibility index (Phi) is 6.88. The van der Waals surface area contributed by atoms with Crippen LogP contribution in [-0.4, -0.2) is 29.7 Å². The lowest BCUT2D eigenvalue weighted by Gasteiger charge is -2.31. The Bertz CT molecular complexity index is 675. The highest BCUT2D eigenvalue weighted by Crippen LogP contribution is 2.18. The third-order valence-corrected chi connectivity index (χ3v) is 4.47. The van der Waals surface area contributed by atoms with Crippen LogP contribution >= 0.6 is 23.8 Å². The van der Waals surface area contributed by atoms with Gasteiger partial charge in [-0.15, -0.1) is 0 Å². The summed E-state index contributed by atoms with van der Waals surface area (Å²) in [5.74, 6) is 0.872. The highest BCUT2D eigenvalue weighted by Gasteiger charge is 2.16. The zero-order chi connectivity index (χ0) is 17.5. The molecule has 24 heavy (non-hydrogen) atoms. The van der Waals surface area contributed by atoms with Crippen molar-refractivity contribution in [1.29, 1.82) is 0 Å². The Balaban J connectivity index is 2.01. The molecule has 0 spiro atoms. The summed E-state index contributed by atoms with van der Waals surface area (Å²) in [7, 11) is 1.68. The van der Waals surface area contributed by atoms with Crippen molar-refractivity contribution in [1.82, 2.24) is 4.90 Å². The number of anilines is 1. The molecule has 128 valence electrons. The van der Waals surface area contributed by atoms with E-state index in [0.29, 0.717) is 10.1 Å². The molecule has 1 unspecified atom stereocenters. The van der Waals surface area contributed by atoms with E-state index in [4.69, 9.17) is 28.6 Å². The zero-order valence-electron chi connectivity index (χ0n) is 14.3. The van der Waals surface area contributed by atoms with Crippen LogP contribution in [0.15, 0.2) is 48.5 Å². The normalized spacial score (nSPS) is 11.7. The summed E-state index contributed by atoms with van der Waals surface area (Å²) in [5.41, 5.74) is 2.16. The third kappa shape index (κ3) is 5.11. The van der Waals surface area contributed by atoms with Gasteiger partial charge in [-0.3, -0.25) is 0 Å². The number of likely N-dealkylation sites (N-methyl/N-ethyl adjacent to an activating group) is 1. The maximum Gasteiger partial charge on any atom is 0.173 e. The first-order chi connectivity index (χ1) is 11.5. The van der Waals surface area contributed by atoms with Crippen LogP contribution < -0.4 is 10.1 Å². The maximum absolute atomic E-state index is 6.03. The number of benzene rings is 2. The maximum atomic E-state index is 6.03. The van der Waals surface area contributed by atoms with Crippen LogP contribution in [0.25, 0.3) is 0 Å². The van der Waals surface area contributed by atoms with Crippen LogP contribution in [0.4, 0.5) is 5.69 Å².